The second-order valence-corrected chi connectivity index (χ2v) is 3.53. The van der Waals surface area contributed by atoms with Crippen LogP contribution >= 0.6 is 15.9 Å². The average molecular weight is 256 g/mol. The van der Waals surface area contributed by atoms with Crippen LogP contribution < -0.4 is 0 Å². The van der Waals surface area contributed by atoms with Gasteiger partial charge in [-0.1, -0.05) is 12.2 Å². The maximum atomic E-state index is 10.8. The molecule has 0 radical (unpaired) electrons. The monoisotopic (exact) mass is 255 g/mol. The van der Waals surface area contributed by atoms with E-state index in [4.69, 9.17) is 0 Å². The number of hydrogen-bond acceptors (Lipinski definition) is 3. The minimum atomic E-state index is -0.246. The lowest BCUT2D eigenvalue weighted by Crippen LogP contribution is -1.96. The van der Waals surface area contributed by atoms with Gasteiger partial charge in [-0.3, -0.25) is 9.78 Å². The first-order valence-corrected chi connectivity index (χ1v) is 4.85. The summed E-state index contributed by atoms with van der Waals surface area (Å²) in [5.74, 6) is -0.246. The molecule has 3 nitrogen and oxygen atoms in total. The first-order chi connectivity index (χ1) is 6.72. The molecule has 0 aliphatic rings. The lowest BCUT2D eigenvalue weighted by atomic mass is 10.2. The molecule has 0 spiro atoms. The Kier molecular flexibility index (Phi) is 4.32. The number of ether oxygens (including phenoxy) is 1. The van der Waals surface area contributed by atoms with Crippen LogP contribution in [0, 0.1) is 0 Å². The zero-order valence-corrected chi connectivity index (χ0v) is 9.32. The van der Waals surface area contributed by atoms with Gasteiger partial charge < -0.3 is 4.74 Å². The fourth-order valence-electron chi connectivity index (χ4n) is 0.894. The van der Waals surface area contributed by atoms with E-state index >= 15 is 0 Å². The van der Waals surface area contributed by atoms with Crippen LogP contribution in [-0.4, -0.2) is 18.1 Å². The van der Waals surface area contributed by atoms with Crippen LogP contribution in [0.1, 0.15) is 12.0 Å². The van der Waals surface area contributed by atoms with Crippen molar-refractivity contribution in [2.24, 2.45) is 0 Å². The zero-order valence-electron chi connectivity index (χ0n) is 7.74. The van der Waals surface area contributed by atoms with Gasteiger partial charge in [0.1, 0.15) is 0 Å². The number of esters is 1. The molecule has 0 saturated carbocycles. The van der Waals surface area contributed by atoms with Gasteiger partial charge in [-0.25, -0.2) is 0 Å². The highest BCUT2D eigenvalue weighted by molar-refractivity contribution is 9.10. The van der Waals surface area contributed by atoms with Gasteiger partial charge in [0.15, 0.2) is 0 Å². The van der Waals surface area contributed by atoms with Gasteiger partial charge in [0.05, 0.1) is 13.5 Å². The maximum absolute atomic E-state index is 10.8. The topological polar surface area (TPSA) is 39.2 Å². The number of nitrogens with zero attached hydrogens (tertiary/aromatic N) is 1. The third-order valence-corrected chi connectivity index (χ3v) is 1.98. The van der Waals surface area contributed by atoms with Crippen LogP contribution in [0.25, 0.3) is 6.08 Å². The fourth-order valence-corrected chi connectivity index (χ4v) is 1.28. The maximum Gasteiger partial charge on any atom is 0.309 e. The Hall–Kier alpha value is -1.16. The highest BCUT2D eigenvalue weighted by atomic mass is 79.9. The van der Waals surface area contributed by atoms with Crippen LogP contribution in [-0.2, 0) is 9.53 Å². The average Bonchev–Trinajstić information content (AvgIpc) is 2.17. The molecule has 0 bridgehead atoms. The van der Waals surface area contributed by atoms with E-state index < -0.39 is 0 Å². The Bertz CT molecular complexity index is 350. The number of pyridine rings is 1. The Labute approximate surface area is 90.9 Å². The molecule has 0 aliphatic heterocycles. The van der Waals surface area contributed by atoms with Gasteiger partial charge in [-0.05, 0) is 27.6 Å². The van der Waals surface area contributed by atoms with Gasteiger partial charge >= 0.3 is 5.97 Å². The van der Waals surface area contributed by atoms with Crippen molar-refractivity contribution in [2.75, 3.05) is 7.11 Å². The van der Waals surface area contributed by atoms with Crippen molar-refractivity contribution in [3.05, 3.63) is 34.6 Å². The van der Waals surface area contributed by atoms with Crippen LogP contribution in [0.2, 0.25) is 0 Å². The number of halogens is 1. The highest BCUT2D eigenvalue weighted by Gasteiger charge is 1.94. The number of carbonyl (C=O) groups excluding carboxylic acids is 1. The summed E-state index contributed by atoms with van der Waals surface area (Å²) in [4.78, 5) is 14.8. The Balaban J connectivity index is 2.56. The smallest absolute Gasteiger partial charge is 0.309 e. The van der Waals surface area contributed by atoms with Crippen molar-refractivity contribution in [2.45, 2.75) is 6.42 Å². The molecule has 0 unspecified atom stereocenters. The van der Waals surface area contributed by atoms with Gasteiger partial charge in [-0.2, -0.15) is 0 Å². The Morgan fingerprint density at radius 3 is 3.07 bits per heavy atom. The van der Waals surface area contributed by atoms with Crippen LogP contribution in [0.15, 0.2) is 29.0 Å². The summed E-state index contributed by atoms with van der Waals surface area (Å²) in [6, 6.07) is 1.92. The van der Waals surface area contributed by atoms with E-state index in [-0.39, 0.29) is 12.4 Å². The Morgan fingerprint density at radius 2 is 2.43 bits per heavy atom. The summed E-state index contributed by atoms with van der Waals surface area (Å²) in [6.45, 7) is 0. The van der Waals surface area contributed by atoms with E-state index in [1.165, 1.54) is 7.11 Å². The van der Waals surface area contributed by atoms with Gasteiger partial charge in [0, 0.05) is 16.9 Å². The van der Waals surface area contributed by atoms with E-state index in [2.05, 4.69) is 25.7 Å². The molecule has 14 heavy (non-hydrogen) atoms. The summed E-state index contributed by atoms with van der Waals surface area (Å²) in [7, 11) is 1.37. The second-order valence-electron chi connectivity index (χ2n) is 2.62. The third-order valence-electron chi connectivity index (χ3n) is 1.55. The van der Waals surface area contributed by atoms with Crippen LogP contribution in [0.5, 0.6) is 0 Å². The van der Waals surface area contributed by atoms with Crippen molar-refractivity contribution < 1.29 is 9.53 Å². The normalized spacial score (nSPS) is 10.4. The minimum absolute atomic E-state index is 0.246. The van der Waals surface area contributed by atoms with Crippen molar-refractivity contribution in [3.8, 4) is 0 Å². The van der Waals surface area contributed by atoms with E-state index in [1.807, 2.05) is 12.1 Å². The third kappa shape index (κ3) is 3.70. The molecular weight excluding hydrogens is 246 g/mol. The van der Waals surface area contributed by atoms with E-state index in [1.54, 1.807) is 18.5 Å². The SMILES string of the molecule is COC(=O)CC=Cc1cncc(Br)c1. The summed E-state index contributed by atoms with van der Waals surface area (Å²) in [6.07, 6.45) is 7.28. The van der Waals surface area contributed by atoms with Crippen LogP contribution in [0.4, 0.5) is 0 Å². The lowest BCUT2D eigenvalue weighted by Gasteiger charge is -1.94. The number of carbonyl (C=O) groups is 1. The molecule has 0 aromatic carbocycles. The molecule has 0 N–H and O–H groups in total. The summed E-state index contributed by atoms with van der Waals surface area (Å²) in [5.41, 5.74) is 0.947. The predicted octanol–water partition coefficient (Wildman–Crippen LogP) is 2.42. The molecule has 0 atom stereocenters. The molecule has 1 aromatic rings. The zero-order chi connectivity index (χ0) is 10.4. The molecule has 1 aromatic heterocycles. The minimum Gasteiger partial charge on any atom is -0.469 e. The molecule has 74 valence electrons. The summed E-state index contributed by atoms with van der Waals surface area (Å²) < 4.78 is 5.41. The number of rotatable bonds is 3. The molecular formula is C10H10BrNO2. The van der Waals surface area contributed by atoms with Crippen molar-refractivity contribution >= 4 is 28.0 Å². The number of methoxy groups -OCH3 is 1. The molecule has 0 fully saturated rings. The summed E-state index contributed by atoms with van der Waals surface area (Å²) >= 11 is 3.31. The van der Waals surface area contributed by atoms with Gasteiger partial charge in [-0.15, -0.1) is 0 Å². The lowest BCUT2D eigenvalue weighted by molar-refractivity contribution is -0.139. The molecule has 0 aliphatic carbocycles. The summed E-state index contributed by atoms with van der Waals surface area (Å²) in [5, 5.41) is 0. The second kappa shape index (κ2) is 5.54. The van der Waals surface area contributed by atoms with Crippen LogP contribution in [0.3, 0.4) is 0 Å². The quantitative estimate of drug-likeness (QED) is 0.779. The predicted molar refractivity (Wildman–Crippen MR) is 57.6 cm³/mol. The van der Waals surface area contributed by atoms with Crippen molar-refractivity contribution in [1.29, 1.82) is 0 Å². The van der Waals surface area contributed by atoms with E-state index in [9.17, 15) is 4.79 Å². The fraction of sp³-hybridized carbons (Fsp3) is 0.200. The van der Waals surface area contributed by atoms with Crippen molar-refractivity contribution in [3.63, 3.8) is 0 Å². The van der Waals surface area contributed by atoms with Gasteiger partial charge in [0.25, 0.3) is 0 Å². The van der Waals surface area contributed by atoms with E-state index in [0.717, 1.165) is 10.0 Å². The van der Waals surface area contributed by atoms with E-state index in [0.29, 0.717) is 0 Å². The van der Waals surface area contributed by atoms with Crippen molar-refractivity contribution in [1.82, 2.24) is 4.98 Å². The Morgan fingerprint density at radius 1 is 1.64 bits per heavy atom. The standard InChI is InChI=1S/C10H10BrNO2/c1-14-10(13)4-2-3-8-5-9(11)7-12-6-8/h2-3,5-7H,4H2,1H3. The number of aromatic nitrogens is 1. The first-order valence-electron chi connectivity index (χ1n) is 4.06. The molecule has 4 heteroatoms. The van der Waals surface area contributed by atoms with Gasteiger partial charge in [0.2, 0.25) is 0 Å². The highest BCUT2D eigenvalue weighted by Crippen LogP contribution is 2.10. The molecule has 0 amide bonds. The molecule has 1 rings (SSSR count). The first kappa shape index (κ1) is 10.9. The number of hydrogen-bond donors (Lipinski definition) is 0. The largest absolute Gasteiger partial charge is 0.469 e. The molecule has 0 saturated heterocycles. The molecule has 1 heterocycles.